The molecule has 2 aliphatic heterocycles. The van der Waals surface area contributed by atoms with Crippen molar-refractivity contribution in [1.29, 1.82) is 0 Å². The molecule has 220 valence electrons. The van der Waals surface area contributed by atoms with E-state index in [1.54, 1.807) is 32.7 Å². The molecule has 1 unspecified atom stereocenters. The van der Waals surface area contributed by atoms with Crippen LogP contribution in [0, 0.1) is 5.82 Å². The van der Waals surface area contributed by atoms with Crippen LogP contribution in [-0.4, -0.2) is 75.8 Å². The minimum Gasteiger partial charge on any atom is -0.339 e. The molecule has 1 atom stereocenters. The molecule has 4 aromatic rings. The largest absolute Gasteiger partial charge is 0.339 e. The van der Waals surface area contributed by atoms with Gasteiger partial charge in [-0.2, -0.15) is 5.10 Å². The number of para-hydroxylation sites is 1. The summed E-state index contributed by atoms with van der Waals surface area (Å²) in [7, 11) is 0. The van der Waals surface area contributed by atoms with Gasteiger partial charge in [0.25, 0.3) is 0 Å². The van der Waals surface area contributed by atoms with Gasteiger partial charge in [0.1, 0.15) is 18.2 Å². The van der Waals surface area contributed by atoms with E-state index in [1.165, 1.54) is 35.7 Å². The van der Waals surface area contributed by atoms with Crippen molar-refractivity contribution < 1.29 is 18.8 Å². The van der Waals surface area contributed by atoms with E-state index < -0.39 is 0 Å². The first-order valence-corrected chi connectivity index (χ1v) is 15.4. The van der Waals surface area contributed by atoms with Crippen LogP contribution in [0.2, 0.25) is 5.02 Å². The van der Waals surface area contributed by atoms with Gasteiger partial charge in [-0.3, -0.25) is 19.3 Å². The minimum atomic E-state index is -0.384. The second-order valence-electron chi connectivity index (χ2n) is 10.4. The fourth-order valence-electron chi connectivity index (χ4n) is 5.53. The zero-order chi connectivity index (χ0) is 30.1. The number of hydrogen-bond donors (Lipinski definition) is 0. The summed E-state index contributed by atoms with van der Waals surface area (Å²) in [5.41, 5.74) is 3.58. The van der Waals surface area contributed by atoms with Gasteiger partial charge in [0.15, 0.2) is 0 Å². The van der Waals surface area contributed by atoms with E-state index >= 15 is 0 Å². The van der Waals surface area contributed by atoms with Crippen LogP contribution in [-0.2, 0) is 14.4 Å². The molecule has 8 nitrogen and oxygen atoms in total. The average molecular weight is 618 g/mol. The van der Waals surface area contributed by atoms with Gasteiger partial charge in [0.05, 0.1) is 27.4 Å². The molecule has 0 spiro atoms. The summed E-state index contributed by atoms with van der Waals surface area (Å²) in [6.45, 7) is 2.98. The molecule has 0 bridgehead atoms. The number of halogens is 2. The second-order valence-corrected chi connectivity index (χ2v) is 11.9. The lowest BCUT2D eigenvalue weighted by molar-refractivity contribution is -0.137. The number of rotatable bonds is 5. The number of aromatic nitrogens is 2. The van der Waals surface area contributed by atoms with E-state index in [0.717, 1.165) is 16.7 Å². The highest BCUT2D eigenvalue weighted by Gasteiger charge is 2.38. The number of benzene rings is 3. The number of piperazine rings is 1. The van der Waals surface area contributed by atoms with E-state index in [2.05, 4.69) is 0 Å². The molecule has 43 heavy (non-hydrogen) atoms. The van der Waals surface area contributed by atoms with Crippen LogP contribution in [0.15, 0.2) is 78.9 Å². The first-order chi connectivity index (χ1) is 20.8. The van der Waals surface area contributed by atoms with E-state index in [1.807, 2.05) is 48.5 Å². The quantitative estimate of drug-likeness (QED) is 0.308. The van der Waals surface area contributed by atoms with Crippen molar-refractivity contribution in [3.63, 3.8) is 0 Å². The highest BCUT2D eigenvalue weighted by molar-refractivity contribution is 8.00. The number of thioether (sulfide) groups is 1. The molecule has 0 saturated carbocycles. The fourth-order valence-corrected chi connectivity index (χ4v) is 6.94. The summed E-state index contributed by atoms with van der Waals surface area (Å²) >= 11 is 8.12. The van der Waals surface area contributed by atoms with Crippen molar-refractivity contribution in [2.45, 2.75) is 12.2 Å². The maximum absolute atomic E-state index is 14.0. The fraction of sp³-hybridized carbons (Fsp3) is 0.250. The SMILES string of the molecule is CC(=O)N1CCN(C(=O)CN2C(=O)CSC(c3ccc(F)cc3)c3c(-c4ccccc4)nn(-c4ccccc4Cl)c32)CC1. The monoisotopic (exact) mass is 617 g/mol. The Labute approximate surface area is 258 Å². The molecule has 1 fully saturated rings. The van der Waals surface area contributed by atoms with Crippen LogP contribution < -0.4 is 4.90 Å². The van der Waals surface area contributed by atoms with Crippen LogP contribution in [0.4, 0.5) is 10.2 Å². The highest BCUT2D eigenvalue weighted by Crippen LogP contribution is 2.49. The number of fused-ring (bicyclic) bond motifs is 1. The maximum Gasteiger partial charge on any atom is 0.242 e. The first-order valence-electron chi connectivity index (χ1n) is 14.0. The zero-order valence-corrected chi connectivity index (χ0v) is 25.0. The molecule has 6 rings (SSSR count). The first kappa shape index (κ1) is 28.9. The van der Waals surface area contributed by atoms with Crippen LogP contribution in [0.1, 0.15) is 23.3 Å². The summed E-state index contributed by atoms with van der Waals surface area (Å²) in [6.07, 6.45) is 0. The number of carbonyl (C=O) groups excluding carboxylic acids is 3. The van der Waals surface area contributed by atoms with Gasteiger partial charge >= 0.3 is 0 Å². The lowest BCUT2D eigenvalue weighted by Gasteiger charge is -2.35. The molecule has 3 aromatic carbocycles. The van der Waals surface area contributed by atoms with Gasteiger partial charge in [-0.15, -0.1) is 11.8 Å². The molecule has 3 amide bonds. The molecule has 1 saturated heterocycles. The Bertz CT molecular complexity index is 1670. The van der Waals surface area contributed by atoms with Crippen molar-refractivity contribution in [1.82, 2.24) is 19.6 Å². The van der Waals surface area contributed by atoms with Gasteiger partial charge in [0.2, 0.25) is 17.7 Å². The topological polar surface area (TPSA) is 78.8 Å². The van der Waals surface area contributed by atoms with Gasteiger partial charge in [-0.05, 0) is 29.8 Å². The van der Waals surface area contributed by atoms with Crippen molar-refractivity contribution in [2.75, 3.05) is 43.4 Å². The molecule has 2 aliphatic rings. The summed E-state index contributed by atoms with van der Waals surface area (Å²) < 4.78 is 15.6. The van der Waals surface area contributed by atoms with Crippen LogP contribution in [0.25, 0.3) is 16.9 Å². The number of carbonyl (C=O) groups is 3. The third kappa shape index (κ3) is 5.77. The van der Waals surface area contributed by atoms with Crippen molar-refractivity contribution in [3.8, 4) is 16.9 Å². The van der Waals surface area contributed by atoms with Crippen molar-refractivity contribution in [3.05, 3.63) is 101 Å². The van der Waals surface area contributed by atoms with E-state index in [4.69, 9.17) is 16.7 Å². The summed E-state index contributed by atoms with van der Waals surface area (Å²) in [5, 5.41) is 5.09. The van der Waals surface area contributed by atoms with Crippen LogP contribution in [0.5, 0.6) is 0 Å². The number of amides is 3. The normalized spacial score (nSPS) is 17.0. The smallest absolute Gasteiger partial charge is 0.242 e. The predicted octanol–water partition coefficient (Wildman–Crippen LogP) is 5.19. The van der Waals surface area contributed by atoms with E-state index in [-0.39, 0.29) is 41.1 Å². The van der Waals surface area contributed by atoms with E-state index in [9.17, 15) is 18.8 Å². The molecule has 3 heterocycles. The van der Waals surface area contributed by atoms with E-state index in [0.29, 0.717) is 48.4 Å². The number of hydrogen-bond acceptors (Lipinski definition) is 5. The molecule has 0 N–H and O–H groups in total. The Balaban J connectivity index is 1.52. The van der Waals surface area contributed by atoms with Gasteiger partial charge in [-0.25, -0.2) is 9.07 Å². The summed E-state index contributed by atoms with van der Waals surface area (Å²) in [5.74, 6) is -0.308. The number of nitrogens with zero attached hydrogens (tertiary/aromatic N) is 5. The Morgan fingerprint density at radius 1 is 0.930 bits per heavy atom. The number of anilines is 1. The lowest BCUT2D eigenvalue weighted by atomic mass is 9.99. The van der Waals surface area contributed by atoms with Crippen LogP contribution in [0.3, 0.4) is 0 Å². The Kier molecular flexibility index (Phi) is 8.23. The second kappa shape index (κ2) is 12.2. The average Bonchev–Trinajstić information content (AvgIpc) is 3.34. The zero-order valence-electron chi connectivity index (χ0n) is 23.5. The van der Waals surface area contributed by atoms with Crippen molar-refractivity contribution in [2.24, 2.45) is 0 Å². The molecule has 1 aromatic heterocycles. The lowest BCUT2D eigenvalue weighted by Crippen LogP contribution is -2.53. The molecule has 0 aliphatic carbocycles. The third-order valence-electron chi connectivity index (χ3n) is 7.76. The molecular formula is C32H29ClFN5O3S. The third-order valence-corrected chi connectivity index (χ3v) is 9.34. The Morgan fingerprint density at radius 2 is 1.58 bits per heavy atom. The molecular weight excluding hydrogens is 589 g/mol. The minimum absolute atomic E-state index is 0.0274. The highest BCUT2D eigenvalue weighted by atomic mass is 35.5. The van der Waals surface area contributed by atoms with Gasteiger partial charge in [0, 0.05) is 44.2 Å². The van der Waals surface area contributed by atoms with Crippen LogP contribution >= 0.6 is 23.4 Å². The Morgan fingerprint density at radius 3 is 2.26 bits per heavy atom. The van der Waals surface area contributed by atoms with Gasteiger partial charge < -0.3 is 9.80 Å². The van der Waals surface area contributed by atoms with Crippen molar-refractivity contribution >= 4 is 46.9 Å². The van der Waals surface area contributed by atoms with Gasteiger partial charge in [-0.1, -0.05) is 66.2 Å². The molecule has 11 heteroatoms. The summed E-state index contributed by atoms with van der Waals surface area (Å²) in [6, 6.07) is 23.1. The standard InChI is InChI=1S/C32H29ClFN5O3S/c1-21(40)36-15-17-37(18-16-36)27(41)19-38-28(42)20-43-31(23-11-13-24(34)14-12-23)29-30(22-7-3-2-4-8-22)35-39(32(29)38)26-10-6-5-9-25(26)33/h2-14,31H,15-20H2,1H3. The predicted molar refractivity (Wildman–Crippen MR) is 166 cm³/mol. The Hall–Kier alpha value is -4.15. The maximum atomic E-state index is 14.0. The summed E-state index contributed by atoms with van der Waals surface area (Å²) in [4.78, 5) is 44.4. The molecule has 0 radical (unpaired) electrons.